The molecule has 0 saturated carbocycles. The third kappa shape index (κ3) is 2.99. The number of aryl methyl sites for hydroxylation is 3. The fourth-order valence-electron chi connectivity index (χ4n) is 2.84. The van der Waals surface area contributed by atoms with Gasteiger partial charge in [-0.15, -0.1) is 11.3 Å². The SMILES string of the molecule is Cc1ccc(-n2cc(C)s/c2=N\C(=O)N2CCCC2)c(C)c1. The van der Waals surface area contributed by atoms with Gasteiger partial charge < -0.3 is 4.90 Å². The minimum atomic E-state index is -0.113. The molecule has 1 aliphatic heterocycles. The van der Waals surface area contributed by atoms with Crippen LogP contribution < -0.4 is 4.80 Å². The van der Waals surface area contributed by atoms with Crippen LogP contribution in [-0.4, -0.2) is 28.6 Å². The maximum absolute atomic E-state index is 12.3. The van der Waals surface area contributed by atoms with E-state index in [2.05, 4.69) is 43.2 Å². The summed E-state index contributed by atoms with van der Waals surface area (Å²) in [6.45, 7) is 7.88. The summed E-state index contributed by atoms with van der Waals surface area (Å²) in [6, 6.07) is 6.23. The number of nitrogens with zero attached hydrogens (tertiary/aromatic N) is 3. The van der Waals surface area contributed by atoms with Crippen LogP contribution in [0.2, 0.25) is 0 Å². The van der Waals surface area contributed by atoms with E-state index in [1.54, 1.807) is 11.3 Å². The molecule has 0 aliphatic carbocycles. The molecule has 1 aliphatic rings. The Morgan fingerprint density at radius 3 is 2.59 bits per heavy atom. The minimum absolute atomic E-state index is 0.113. The number of carbonyl (C=O) groups excluding carboxylic acids is 1. The van der Waals surface area contributed by atoms with Crippen molar-refractivity contribution in [2.45, 2.75) is 33.6 Å². The van der Waals surface area contributed by atoms with Gasteiger partial charge in [-0.25, -0.2) is 4.79 Å². The first-order valence-corrected chi connectivity index (χ1v) is 8.46. The van der Waals surface area contributed by atoms with Gasteiger partial charge in [0.1, 0.15) is 0 Å². The van der Waals surface area contributed by atoms with E-state index in [-0.39, 0.29) is 6.03 Å². The monoisotopic (exact) mass is 315 g/mol. The van der Waals surface area contributed by atoms with Gasteiger partial charge in [-0.05, 0) is 45.2 Å². The van der Waals surface area contributed by atoms with E-state index in [4.69, 9.17) is 0 Å². The third-order valence-electron chi connectivity index (χ3n) is 3.95. The lowest BCUT2D eigenvalue weighted by Gasteiger charge is -2.11. The molecular formula is C17H21N3OS. The molecule has 0 N–H and O–H groups in total. The van der Waals surface area contributed by atoms with Crippen molar-refractivity contribution in [3.05, 3.63) is 45.2 Å². The van der Waals surface area contributed by atoms with Gasteiger partial charge in [0.2, 0.25) is 0 Å². The molecule has 2 aromatic rings. The molecule has 1 aromatic carbocycles. The highest BCUT2D eigenvalue weighted by Crippen LogP contribution is 2.16. The second-order valence-corrected chi connectivity index (χ2v) is 7.09. The lowest BCUT2D eigenvalue weighted by Crippen LogP contribution is -2.27. The van der Waals surface area contributed by atoms with Crippen molar-refractivity contribution >= 4 is 17.4 Å². The van der Waals surface area contributed by atoms with Crippen molar-refractivity contribution < 1.29 is 4.79 Å². The number of likely N-dealkylation sites (tertiary alicyclic amines) is 1. The van der Waals surface area contributed by atoms with Gasteiger partial charge >= 0.3 is 6.03 Å². The molecule has 1 aromatic heterocycles. The van der Waals surface area contributed by atoms with E-state index in [9.17, 15) is 4.79 Å². The van der Waals surface area contributed by atoms with Crippen LogP contribution in [0.15, 0.2) is 29.4 Å². The predicted molar refractivity (Wildman–Crippen MR) is 89.6 cm³/mol. The first kappa shape index (κ1) is 15.0. The Labute approximate surface area is 134 Å². The summed E-state index contributed by atoms with van der Waals surface area (Å²) >= 11 is 1.56. The van der Waals surface area contributed by atoms with Crippen molar-refractivity contribution in [3.8, 4) is 5.69 Å². The molecular weight excluding hydrogens is 294 g/mol. The molecule has 4 nitrogen and oxygen atoms in total. The van der Waals surface area contributed by atoms with Crippen molar-refractivity contribution in [1.29, 1.82) is 0 Å². The molecule has 0 unspecified atom stereocenters. The number of hydrogen-bond donors (Lipinski definition) is 0. The molecule has 2 amide bonds. The topological polar surface area (TPSA) is 37.6 Å². The highest BCUT2D eigenvalue weighted by Gasteiger charge is 2.17. The van der Waals surface area contributed by atoms with Crippen LogP contribution in [0, 0.1) is 20.8 Å². The summed E-state index contributed by atoms with van der Waals surface area (Å²) in [7, 11) is 0. The van der Waals surface area contributed by atoms with Crippen LogP contribution in [0.25, 0.3) is 5.69 Å². The smallest absolute Gasteiger partial charge is 0.323 e. The Hall–Kier alpha value is -1.88. The molecule has 1 saturated heterocycles. The Morgan fingerprint density at radius 1 is 1.18 bits per heavy atom. The molecule has 22 heavy (non-hydrogen) atoms. The van der Waals surface area contributed by atoms with E-state index in [1.807, 2.05) is 16.4 Å². The number of carbonyl (C=O) groups is 1. The Bertz CT molecular complexity index is 766. The quantitative estimate of drug-likeness (QED) is 0.792. The minimum Gasteiger partial charge on any atom is -0.323 e. The highest BCUT2D eigenvalue weighted by atomic mass is 32.1. The van der Waals surface area contributed by atoms with Crippen LogP contribution in [-0.2, 0) is 0 Å². The number of aromatic nitrogens is 1. The molecule has 2 heterocycles. The number of amides is 2. The second kappa shape index (κ2) is 6.08. The summed E-state index contributed by atoms with van der Waals surface area (Å²) in [5, 5.41) is 0. The number of thiazole rings is 1. The lowest BCUT2D eigenvalue weighted by molar-refractivity contribution is 0.218. The Kier molecular flexibility index (Phi) is 4.16. The largest absolute Gasteiger partial charge is 0.346 e. The van der Waals surface area contributed by atoms with Gasteiger partial charge in [0, 0.05) is 24.2 Å². The summed E-state index contributed by atoms with van der Waals surface area (Å²) in [5.74, 6) is 0. The van der Waals surface area contributed by atoms with Crippen molar-refractivity contribution in [2.24, 2.45) is 4.99 Å². The Balaban J connectivity index is 2.04. The number of benzene rings is 1. The maximum Gasteiger partial charge on any atom is 0.346 e. The normalized spacial score (nSPS) is 15.6. The average Bonchev–Trinajstić information content (AvgIpc) is 3.09. The first-order valence-electron chi connectivity index (χ1n) is 7.65. The van der Waals surface area contributed by atoms with Crippen molar-refractivity contribution in [1.82, 2.24) is 9.47 Å². The number of rotatable bonds is 1. The van der Waals surface area contributed by atoms with Crippen LogP contribution in [0.1, 0.15) is 28.8 Å². The molecule has 3 rings (SSSR count). The molecule has 1 fully saturated rings. The second-order valence-electron chi connectivity index (χ2n) is 5.87. The molecule has 0 bridgehead atoms. The van der Waals surface area contributed by atoms with Gasteiger partial charge in [-0.2, -0.15) is 4.99 Å². The van der Waals surface area contributed by atoms with E-state index < -0.39 is 0 Å². The fourth-order valence-corrected chi connectivity index (χ4v) is 3.66. The van der Waals surface area contributed by atoms with Crippen molar-refractivity contribution in [3.63, 3.8) is 0 Å². The van der Waals surface area contributed by atoms with Crippen LogP contribution >= 0.6 is 11.3 Å². The molecule has 116 valence electrons. The molecule has 0 atom stereocenters. The number of hydrogen-bond acceptors (Lipinski definition) is 2. The summed E-state index contributed by atoms with van der Waals surface area (Å²) in [4.78, 5) is 20.4. The first-order chi connectivity index (χ1) is 10.5. The molecule has 5 heteroatoms. The van der Waals surface area contributed by atoms with Gasteiger partial charge in [0.25, 0.3) is 0 Å². The highest BCUT2D eigenvalue weighted by molar-refractivity contribution is 7.09. The lowest BCUT2D eigenvalue weighted by atomic mass is 10.1. The maximum atomic E-state index is 12.3. The summed E-state index contributed by atoms with van der Waals surface area (Å²) < 4.78 is 2.03. The fraction of sp³-hybridized carbons (Fsp3) is 0.412. The zero-order valence-corrected chi connectivity index (χ0v) is 14.1. The van der Waals surface area contributed by atoms with E-state index in [0.717, 1.165) is 41.3 Å². The zero-order chi connectivity index (χ0) is 15.7. The average molecular weight is 315 g/mol. The van der Waals surface area contributed by atoms with Gasteiger partial charge in [-0.3, -0.25) is 4.57 Å². The Morgan fingerprint density at radius 2 is 1.91 bits per heavy atom. The van der Waals surface area contributed by atoms with E-state index >= 15 is 0 Å². The van der Waals surface area contributed by atoms with Crippen LogP contribution in [0.3, 0.4) is 0 Å². The van der Waals surface area contributed by atoms with Crippen LogP contribution in [0.5, 0.6) is 0 Å². The van der Waals surface area contributed by atoms with Crippen LogP contribution in [0.4, 0.5) is 4.79 Å². The predicted octanol–water partition coefficient (Wildman–Crippen LogP) is 3.58. The van der Waals surface area contributed by atoms with E-state index in [1.165, 1.54) is 11.1 Å². The van der Waals surface area contributed by atoms with Gasteiger partial charge in [0.05, 0.1) is 5.69 Å². The molecule has 0 radical (unpaired) electrons. The summed E-state index contributed by atoms with van der Waals surface area (Å²) in [6.07, 6.45) is 4.22. The zero-order valence-electron chi connectivity index (χ0n) is 13.3. The standard InChI is InChI=1S/C17H21N3OS/c1-12-6-7-15(13(2)10-12)20-11-14(3)22-17(20)18-16(21)19-8-4-5-9-19/h6-7,10-11H,4-5,8-9H2,1-3H3/b18-17-. The third-order valence-corrected chi connectivity index (χ3v) is 4.85. The van der Waals surface area contributed by atoms with Gasteiger partial charge in [0.15, 0.2) is 4.80 Å². The number of urea groups is 1. The van der Waals surface area contributed by atoms with Gasteiger partial charge in [-0.1, -0.05) is 17.7 Å². The summed E-state index contributed by atoms with van der Waals surface area (Å²) in [5.41, 5.74) is 3.51. The van der Waals surface area contributed by atoms with Crippen molar-refractivity contribution in [2.75, 3.05) is 13.1 Å². The van der Waals surface area contributed by atoms with E-state index in [0.29, 0.717) is 0 Å². The molecule has 0 spiro atoms.